The van der Waals surface area contributed by atoms with Crippen molar-refractivity contribution in [1.29, 1.82) is 0 Å². The number of rotatable bonds is 12. The van der Waals surface area contributed by atoms with E-state index in [1.165, 1.54) is 64.2 Å². The van der Waals surface area contributed by atoms with Gasteiger partial charge in [0, 0.05) is 13.1 Å². The number of nitrogens with zero attached hydrogens (tertiary/aromatic N) is 1. The molecular weight excluding hydrogens is 238 g/mol. The van der Waals surface area contributed by atoms with Crippen LogP contribution < -0.4 is 0 Å². The molecule has 0 amide bonds. The molecule has 0 bridgehead atoms. The number of hydrogen-bond acceptors (Lipinski definition) is 2. The lowest BCUT2D eigenvalue weighted by molar-refractivity contribution is -0.147. The Balaban J connectivity index is 1.74. The summed E-state index contributed by atoms with van der Waals surface area (Å²) in [7, 11) is 0. The number of hydrogen-bond donors (Lipinski definition) is 1. The molecule has 1 fully saturated rings. The first kappa shape index (κ1) is 16.5. The summed E-state index contributed by atoms with van der Waals surface area (Å²) in [6, 6.07) is 0. The number of carboxylic acids is 1. The molecule has 1 heterocycles. The SMILES string of the molecule is CCCCCCCCCCCCN1CC(C(=O)O)C1. The second-order valence-electron chi connectivity index (χ2n) is 5.98. The Morgan fingerprint density at radius 3 is 1.89 bits per heavy atom. The summed E-state index contributed by atoms with van der Waals surface area (Å²) in [5, 5.41) is 8.77. The van der Waals surface area contributed by atoms with Crippen molar-refractivity contribution >= 4 is 5.97 Å². The standard InChI is InChI=1S/C16H31NO2/c1-2-3-4-5-6-7-8-9-10-11-12-17-13-15(14-17)16(18)19/h15H,2-14H2,1H3,(H,18,19). The zero-order valence-corrected chi connectivity index (χ0v) is 12.6. The van der Waals surface area contributed by atoms with Gasteiger partial charge in [0.05, 0.1) is 5.92 Å². The summed E-state index contributed by atoms with van der Waals surface area (Å²) in [5.41, 5.74) is 0. The molecule has 1 rings (SSSR count). The normalized spacial score (nSPS) is 16.5. The van der Waals surface area contributed by atoms with Crippen LogP contribution >= 0.6 is 0 Å². The molecule has 1 aliphatic heterocycles. The quantitative estimate of drug-likeness (QED) is 0.546. The second kappa shape index (κ2) is 10.2. The number of unbranched alkanes of at least 4 members (excludes halogenated alkanes) is 9. The highest BCUT2D eigenvalue weighted by Crippen LogP contribution is 2.17. The van der Waals surface area contributed by atoms with Gasteiger partial charge in [0.2, 0.25) is 0 Å². The summed E-state index contributed by atoms with van der Waals surface area (Å²) in [4.78, 5) is 12.9. The van der Waals surface area contributed by atoms with E-state index < -0.39 is 5.97 Å². The summed E-state index contributed by atoms with van der Waals surface area (Å²) in [6.45, 7) is 4.90. The molecular formula is C16H31NO2. The fourth-order valence-corrected chi connectivity index (χ4v) is 2.73. The summed E-state index contributed by atoms with van der Waals surface area (Å²) < 4.78 is 0. The van der Waals surface area contributed by atoms with E-state index in [9.17, 15) is 4.79 Å². The van der Waals surface area contributed by atoms with Gasteiger partial charge in [-0.25, -0.2) is 0 Å². The van der Waals surface area contributed by atoms with Gasteiger partial charge in [-0.05, 0) is 13.0 Å². The number of carbonyl (C=O) groups is 1. The van der Waals surface area contributed by atoms with Crippen LogP contribution in [0.4, 0.5) is 0 Å². The van der Waals surface area contributed by atoms with Crippen molar-refractivity contribution in [3.8, 4) is 0 Å². The van der Waals surface area contributed by atoms with E-state index >= 15 is 0 Å². The van der Waals surface area contributed by atoms with Gasteiger partial charge in [0.15, 0.2) is 0 Å². The third-order valence-electron chi connectivity index (χ3n) is 4.13. The van der Waals surface area contributed by atoms with Crippen molar-refractivity contribution in [3.63, 3.8) is 0 Å². The molecule has 0 unspecified atom stereocenters. The first-order valence-corrected chi connectivity index (χ1v) is 8.19. The summed E-state index contributed by atoms with van der Waals surface area (Å²) >= 11 is 0. The Morgan fingerprint density at radius 2 is 1.42 bits per heavy atom. The molecule has 3 heteroatoms. The van der Waals surface area contributed by atoms with Crippen molar-refractivity contribution in [2.24, 2.45) is 5.92 Å². The molecule has 0 aromatic heterocycles. The molecule has 0 aliphatic carbocycles. The van der Waals surface area contributed by atoms with E-state index in [1.807, 2.05) is 0 Å². The van der Waals surface area contributed by atoms with Gasteiger partial charge < -0.3 is 10.0 Å². The Labute approximate surface area is 118 Å². The molecule has 0 aromatic carbocycles. The Hall–Kier alpha value is -0.570. The Kier molecular flexibility index (Phi) is 8.89. The largest absolute Gasteiger partial charge is 0.481 e. The van der Waals surface area contributed by atoms with E-state index in [-0.39, 0.29) is 5.92 Å². The van der Waals surface area contributed by atoms with Crippen LogP contribution in [0.2, 0.25) is 0 Å². The van der Waals surface area contributed by atoms with Crippen LogP contribution in [0.25, 0.3) is 0 Å². The molecule has 3 nitrogen and oxygen atoms in total. The summed E-state index contributed by atoms with van der Waals surface area (Å²) in [6.07, 6.45) is 13.6. The first-order chi connectivity index (χ1) is 9.24. The smallest absolute Gasteiger partial charge is 0.309 e. The molecule has 112 valence electrons. The Morgan fingerprint density at radius 1 is 0.947 bits per heavy atom. The van der Waals surface area contributed by atoms with Crippen molar-refractivity contribution in [2.75, 3.05) is 19.6 Å². The monoisotopic (exact) mass is 269 g/mol. The van der Waals surface area contributed by atoms with Crippen LogP contribution in [0.15, 0.2) is 0 Å². The molecule has 0 spiro atoms. The fraction of sp³-hybridized carbons (Fsp3) is 0.938. The zero-order valence-electron chi connectivity index (χ0n) is 12.6. The average molecular weight is 269 g/mol. The highest BCUT2D eigenvalue weighted by molar-refractivity contribution is 5.71. The van der Waals surface area contributed by atoms with Gasteiger partial charge in [-0.2, -0.15) is 0 Å². The van der Waals surface area contributed by atoms with Crippen LogP contribution in [-0.2, 0) is 4.79 Å². The van der Waals surface area contributed by atoms with Crippen molar-refractivity contribution in [2.45, 2.75) is 71.1 Å². The molecule has 0 aromatic rings. The molecule has 19 heavy (non-hydrogen) atoms. The van der Waals surface area contributed by atoms with E-state index in [2.05, 4.69) is 11.8 Å². The molecule has 1 aliphatic rings. The van der Waals surface area contributed by atoms with Crippen molar-refractivity contribution in [3.05, 3.63) is 0 Å². The highest BCUT2D eigenvalue weighted by atomic mass is 16.4. The van der Waals surface area contributed by atoms with E-state index in [0.29, 0.717) is 0 Å². The van der Waals surface area contributed by atoms with Gasteiger partial charge in [-0.15, -0.1) is 0 Å². The van der Waals surface area contributed by atoms with E-state index in [1.54, 1.807) is 0 Å². The molecule has 1 saturated heterocycles. The van der Waals surface area contributed by atoms with Crippen molar-refractivity contribution in [1.82, 2.24) is 4.90 Å². The van der Waals surface area contributed by atoms with Gasteiger partial charge in [-0.3, -0.25) is 4.79 Å². The number of likely N-dealkylation sites (tertiary alicyclic amines) is 1. The fourth-order valence-electron chi connectivity index (χ4n) is 2.73. The Bertz CT molecular complexity index is 237. The maximum Gasteiger partial charge on any atom is 0.309 e. The molecule has 1 N–H and O–H groups in total. The second-order valence-corrected chi connectivity index (χ2v) is 5.98. The highest BCUT2D eigenvalue weighted by Gasteiger charge is 2.31. The van der Waals surface area contributed by atoms with Crippen LogP contribution in [0, 0.1) is 5.92 Å². The predicted octanol–water partition coefficient (Wildman–Crippen LogP) is 3.92. The lowest BCUT2D eigenvalue weighted by Gasteiger charge is -2.36. The molecule has 0 atom stereocenters. The van der Waals surface area contributed by atoms with Gasteiger partial charge in [0.25, 0.3) is 0 Å². The van der Waals surface area contributed by atoms with E-state index in [4.69, 9.17) is 5.11 Å². The van der Waals surface area contributed by atoms with Gasteiger partial charge in [0.1, 0.15) is 0 Å². The average Bonchev–Trinajstić information content (AvgIpc) is 2.33. The topological polar surface area (TPSA) is 40.5 Å². The van der Waals surface area contributed by atoms with E-state index in [0.717, 1.165) is 19.6 Å². The van der Waals surface area contributed by atoms with Gasteiger partial charge in [-0.1, -0.05) is 64.7 Å². The van der Waals surface area contributed by atoms with Gasteiger partial charge >= 0.3 is 5.97 Å². The van der Waals surface area contributed by atoms with Crippen LogP contribution in [0.3, 0.4) is 0 Å². The van der Waals surface area contributed by atoms with Crippen molar-refractivity contribution < 1.29 is 9.90 Å². The van der Waals surface area contributed by atoms with Crippen LogP contribution in [-0.4, -0.2) is 35.6 Å². The maximum absolute atomic E-state index is 10.6. The lowest BCUT2D eigenvalue weighted by atomic mass is 10.00. The lowest BCUT2D eigenvalue weighted by Crippen LogP contribution is -2.50. The zero-order chi connectivity index (χ0) is 13.9. The summed E-state index contributed by atoms with van der Waals surface area (Å²) in [5.74, 6) is -0.720. The first-order valence-electron chi connectivity index (χ1n) is 8.19. The maximum atomic E-state index is 10.6. The minimum atomic E-state index is -0.626. The third-order valence-corrected chi connectivity index (χ3v) is 4.13. The number of carboxylic acid groups (broad SMARTS) is 1. The minimum Gasteiger partial charge on any atom is -0.481 e. The predicted molar refractivity (Wildman–Crippen MR) is 79.4 cm³/mol. The van der Waals surface area contributed by atoms with Crippen LogP contribution in [0.1, 0.15) is 71.1 Å². The van der Waals surface area contributed by atoms with Crippen LogP contribution in [0.5, 0.6) is 0 Å². The number of aliphatic carboxylic acids is 1. The molecule has 0 radical (unpaired) electrons. The molecule has 0 saturated carbocycles. The third kappa shape index (κ3) is 7.56. The minimum absolute atomic E-state index is 0.0943.